The molecule has 0 N–H and O–H groups in total. The van der Waals surface area contributed by atoms with E-state index in [0.29, 0.717) is 0 Å². The third-order valence-corrected chi connectivity index (χ3v) is 4.80. The first-order chi connectivity index (χ1) is 10.1. The van der Waals surface area contributed by atoms with Crippen LogP contribution in [0.25, 0.3) is 0 Å². The molecule has 6 atom stereocenters. The Kier molecular flexibility index (Phi) is 4.07. The lowest BCUT2D eigenvalue weighted by Gasteiger charge is -2.38. The lowest BCUT2D eigenvalue weighted by Crippen LogP contribution is -2.58. The van der Waals surface area contributed by atoms with Crippen molar-refractivity contribution < 1.29 is 33.2 Å². The van der Waals surface area contributed by atoms with Gasteiger partial charge >= 0.3 is 5.97 Å². The molecule has 0 amide bonds. The minimum absolute atomic E-state index is 0.384. The second kappa shape index (κ2) is 5.39. The maximum atomic E-state index is 11.9. The smallest absolute Gasteiger partial charge is 0.322 e. The third-order valence-electron chi connectivity index (χ3n) is 3.91. The van der Waals surface area contributed by atoms with Gasteiger partial charge in [0, 0.05) is 0 Å². The van der Waals surface area contributed by atoms with Crippen LogP contribution in [0.2, 0.25) is 0 Å². The molecule has 3 fully saturated rings. The highest BCUT2D eigenvalue weighted by molar-refractivity contribution is 9.10. The van der Waals surface area contributed by atoms with Crippen LogP contribution in [0.3, 0.4) is 0 Å². The molecule has 0 aromatic rings. The maximum absolute atomic E-state index is 11.9. The lowest BCUT2D eigenvalue weighted by atomic mass is 9.97. The average Bonchev–Trinajstić information content (AvgIpc) is 2.90. The first-order valence-electron chi connectivity index (χ1n) is 7.22. The van der Waals surface area contributed by atoms with Gasteiger partial charge in [-0.3, -0.25) is 4.79 Å². The van der Waals surface area contributed by atoms with Crippen molar-refractivity contribution in [1.82, 2.24) is 0 Å². The van der Waals surface area contributed by atoms with Gasteiger partial charge in [-0.15, -0.1) is 0 Å². The highest BCUT2D eigenvalue weighted by Gasteiger charge is 2.62. The molecule has 22 heavy (non-hydrogen) atoms. The molecule has 7 nitrogen and oxygen atoms in total. The van der Waals surface area contributed by atoms with Crippen LogP contribution in [0, 0.1) is 0 Å². The lowest BCUT2D eigenvalue weighted by molar-refractivity contribution is -0.233. The molecule has 3 aliphatic rings. The average molecular weight is 381 g/mol. The number of rotatable bonds is 2. The summed E-state index contributed by atoms with van der Waals surface area (Å²) in [5, 5.41) is 0. The molecule has 0 aromatic carbocycles. The Hall–Kier alpha value is -0.250. The summed E-state index contributed by atoms with van der Waals surface area (Å²) in [7, 11) is 1.33. The van der Waals surface area contributed by atoms with Crippen molar-refractivity contribution in [2.24, 2.45) is 0 Å². The normalized spacial score (nSPS) is 43.3. The minimum Gasteiger partial charge on any atom is -0.468 e. The zero-order chi connectivity index (χ0) is 16.3. The first kappa shape index (κ1) is 16.6. The molecule has 0 spiro atoms. The third kappa shape index (κ3) is 2.81. The monoisotopic (exact) mass is 380 g/mol. The van der Waals surface area contributed by atoms with E-state index in [-0.39, 0.29) is 6.10 Å². The molecule has 8 heteroatoms. The zero-order valence-corrected chi connectivity index (χ0v) is 14.8. The van der Waals surface area contributed by atoms with Crippen LogP contribution in [-0.2, 0) is 33.2 Å². The summed E-state index contributed by atoms with van der Waals surface area (Å²) < 4.78 is 34.3. The van der Waals surface area contributed by atoms with Crippen LogP contribution in [-0.4, -0.2) is 60.2 Å². The molecule has 0 aliphatic carbocycles. The Morgan fingerprint density at radius 2 is 1.55 bits per heavy atom. The van der Waals surface area contributed by atoms with E-state index in [2.05, 4.69) is 15.9 Å². The quantitative estimate of drug-likeness (QED) is 0.528. The molecule has 0 bridgehead atoms. The second-order valence-corrected chi connectivity index (χ2v) is 7.55. The predicted molar refractivity (Wildman–Crippen MR) is 77.3 cm³/mol. The van der Waals surface area contributed by atoms with Crippen molar-refractivity contribution in [1.29, 1.82) is 0 Å². The molecule has 3 aliphatic heterocycles. The fraction of sp³-hybridized carbons (Fsp3) is 0.929. The van der Waals surface area contributed by atoms with Crippen molar-refractivity contribution in [2.45, 2.75) is 74.8 Å². The molecule has 0 unspecified atom stereocenters. The summed E-state index contributed by atoms with van der Waals surface area (Å²) in [6, 6.07) is 0. The summed E-state index contributed by atoms with van der Waals surface area (Å²) >= 11 is 3.33. The number of hydrogen-bond donors (Lipinski definition) is 0. The molecular weight excluding hydrogens is 360 g/mol. The maximum Gasteiger partial charge on any atom is 0.322 e. The Bertz CT molecular complexity index is 466. The highest BCUT2D eigenvalue weighted by atomic mass is 79.9. The predicted octanol–water partition coefficient (Wildman–Crippen LogP) is 1.32. The number of hydrogen-bond acceptors (Lipinski definition) is 7. The van der Waals surface area contributed by atoms with Crippen LogP contribution in [0.15, 0.2) is 0 Å². The minimum atomic E-state index is -0.787. The summed E-state index contributed by atoms with van der Waals surface area (Å²) in [6.45, 7) is 7.26. The Morgan fingerprint density at radius 3 is 2.18 bits per heavy atom. The molecule has 0 saturated carbocycles. The molecule has 3 heterocycles. The van der Waals surface area contributed by atoms with Crippen molar-refractivity contribution in [3.63, 3.8) is 0 Å². The Labute approximate surface area is 137 Å². The first-order valence-corrected chi connectivity index (χ1v) is 8.14. The molecule has 0 radical (unpaired) electrons. The summed E-state index contributed by atoms with van der Waals surface area (Å²) in [6.07, 6.45) is -2.47. The SMILES string of the molecule is COC(=O)[C@@H](Br)[C@H]1O[C@@H]2OC(C)(C)O[C@@H]2[C@H]2OC(C)(C)O[C@H]21. The van der Waals surface area contributed by atoms with Gasteiger partial charge in [0.05, 0.1) is 7.11 Å². The number of methoxy groups -OCH3 is 1. The topological polar surface area (TPSA) is 72.5 Å². The van der Waals surface area contributed by atoms with Gasteiger partial charge in [-0.25, -0.2) is 0 Å². The zero-order valence-electron chi connectivity index (χ0n) is 13.2. The van der Waals surface area contributed by atoms with Crippen LogP contribution in [0.1, 0.15) is 27.7 Å². The van der Waals surface area contributed by atoms with Crippen LogP contribution >= 0.6 is 15.9 Å². The molecule has 0 aromatic heterocycles. The van der Waals surface area contributed by atoms with E-state index in [1.165, 1.54) is 7.11 Å². The van der Waals surface area contributed by atoms with E-state index in [4.69, 9.17) is 28.4 Å². The van der Waals surface area contributed by atoms with Crippen molar-refractivity contribution in [3.05, 3.63) is 0 Å². The van der Waals surface area contributed by atoms with Crippen LogP contribution < -0.4 is 0 Å². The van der Waals surface area contributed by atoms with Gasteiger partial charge in [-0.1, -0.05) is 15.9 Å². The number of halogens is 1. The van der Waals surface area contributed by atoms with Gasteiger partial charge in [-0.2, -0.15) is 0 Å². The van der Waals surface area contributed by atoms with E-state index in [0.717, 1.165) is 0 Å². The fourth-order valence-corrected chi connectivity index (χ4v) is 3.74. The fourth-order valence-electron chi connectivity index (χ4n) is 3.12. The van der Waals surface area contributed by atoms with Crippen LogP contribution in [0.5, 0.6) is 0 Å². The van der Waals surface area contributed by atoms with Crippen molar-refractivity contribution >= 4 is 21.9 Å². The van der Waals surface area contributed by atoms with Gasteiger partial charge < -0.3 is 28.4 Å². The van der Waals surface area contributed by atoms with E-state index in [9.17, 15) is 4.79 Å². The van der Waals surface area contributed by atoms with Crippen molar-refractivity contribution in [3.8, 4) is 0 Å². The van der Waals surface area contributed by atoms with E-state index < -0.39 is 47.0 Å². The molecule has 3 saturated heterocycles. The number of fused-ring (bicyclic) bond motifs is 3. The number of carbonyl (C=O) groups excluding carboxylic acids is 1. The Balaban J connectivity index is 1.88. The van der Waals surface area contributed by atoms with Gasteiger partial charge in [-0.05, 0) is 27.7 Å². The number of carbonyl (C=O) groups is 1. The largest absolute Gasteiger partial charge is 0.468 e. The second-order valence-electron chi connectivity index (χ2n) is 6.56. The Morgan fingerprint density at radius 1 is 1.00 bits per heavy atom. The highest BCUT2D eigenvalue weighted by Crippen LogP contribution is 2.45. The van der Waals surface area contributed by atoms with E-state index in [1.54, 1.807) is 0 Å². The summed E-state index contributed by atoms with van der Waals surface area (Å²) in [4.78, 5) is 11.2. The van der Waals surface area contributed by atoms with Gasteiger partial charge in [0.15, 0.2) is 17.9 Å². The molecule has 126 valence electrons. The summed E-state index contributed by atoms with van der Waals surface area (Å²) in [5.41, 5.74) is 0. The molecule has 3 rings (SSSR count). The van der Waals surface area contributed by atoms with E-state index in [1.807, 2.05) is 27.7 Å². The standard InChI is InChI=1S/C14H21BrO7/c1-13(2)19-8-7(6(15)11(16)17-5)18-12-10(9(8)20-13)21-14(3,4)22-12/h6-10,12H,1-5H3/t6-,7+,8-,9-,10+,12+/m0/s1. The summed E-state index contributed by atoms with van der Waals surface area (Å²) in [5.74, 6) is -2.00. The number of esters is 1. The van der Waals surface area contributed by atoms with Gasteiger partial charge in [0.2, 0.25) is 0 Å². The number of ether oxygens (including phenoxy) is 6. The van der Waals surface area contributed by atoms with Gasteiger partial charge in [0.1, 0.15) is 29.2 Å². The van der Waals surface area contributed by atoms with Gasteiger partial charge in [0.25, 0.3) is 0 Å². The van der Waals surface area contributed by atoms with E-state index >= 15 is 0 Å². The molecular formula is C14H21BrO7. The van der Waals surface area contributed by atoms with Crippen molar-refractivity contribution in [2.75, 3.05) is 7.11 Å². The number of alkyl halides is 1. The van der Waals surface area contributed by atoms with Crippen LogP contribution in [0.4, 0.5) is 0 Å².